The second kappa shape index (κ2) is 10.3. The van der Waals surface area contributed by atoms with Crippen LogP contribution in [-0.2, 0) is 9.59 Å². The summed E-state index contributed by atoms with van der Waals surface area (Å²) in [6.45, 7) is 5.53. The van der Waals surface area contributed by atoms with Gasteiger partial charge in [0, 0.05) is 5.56 Å². The number of benzene rings is 1. The number of aldehydes is 1. The van der Waals surface area contributed by atoms with E-state index in [4.69, 9.17) is 5.11 Å². The highest BCUT2D eigenvalue weighted by molar-refractivity contribution is 6.08. The normalized spacial score (nSPS) is 12.9. The van der Waals surface area contributed by atoms with Gasteiger partial charge in [-0.25, -0.2) is 4.79 Å². The predicted octanol–water partition coefficient (Wildman–Crippen LogP) is 2.71. The largest absolute Gasteiger partial charge is 0.465 e. The quantitative estimate of drug-likeness (QED) is 0.657. The number of rotatable bonds is 9. The molecular formula is C19H26N2O5. The fraction of sp³-hybridized carbons (Fsp3) is 0.474. The molecule has 0 unspecified atom stereocenters. The van der Waals surface area contributed by atoms with Crippen molar-refractivity contribution in [3.63, 3.8) is 0 Å². The molecular weight excluding hydrogens is 336 g/mol. The van der Waals surface area contributed by atoms with E-state index in [-0.39, 0.29) is 17.9 Å². The lowest BCUT2D eigenvalue weighted by molar-refractivity contribution is -0.135. The highest BCUT2D eigenvalue weighted by atomic mass is 16.4. The molecule has 0 fully saturated rings. The Morgan fingerprint density at radius 3 is 2.27 bits per heavy atom. The third kappa shape index (κ3) is 5.98. The van der Waals surface area contributed by atoms with E-state index in [0.717, 1.165) is 4.90 Å². The Labute approximate surface area is 153 Å². The average Bonchev–Trinajstić information content (AvgIpc) is 2.60. The summed E-state index contributed by atoms with van der Waals surface area (Å²) in [6, 6.07) is 6.13. The van der Waals surface area contributed by atoms with Gasteiger partial charge in [-0.05, 0) is 30.9 Å². The van der Waals surface area contributed by atoms with Crippen molar-refractivity contribution in [2.24, 2.45) is 5.92 Å². The molecule has 26 heavy (non-hydrogen) atoms. The fourth-order valence-corrected chi connectivity index (χ4v) is 2.70. The summed E-state index contributed by atoms with van der Waals surface area (Å²) in [5, 5.41) is 11.2. The van der Waals surface area contributed by atoms with Gasteiger partial charge in [-0.3, -0.25) is 14.5 Å². The van der Waals surface area contributed by atoms with Gasteiger partial charge < -0.3 is 15.2 Å². The number of carboxylic acid groups (broad SMARTS) is 1. The molecule has 0 aromatic heterocycles. The van der Waals surface area contributed by atoms with E-state index in [9.17, 15) is 19.2 Å². The van der Waals surface area contributed by atoms with Crippen molar-refractivity contribution in [1.82, 2.24) is 10.2 Å². The summed E-state index contributed by atoms with van der Waals surface area (Å²) < 4.78 is 0. The molecule has 0 saturated heterocycles. The van der Waals surface area contributed by atoms with Crippen LogP contribution in [0.2, 0.25) is 0 Å². The molecule has 7 heteroatoms. The van der Waals surface area contributed by atoms with Crippen LogP contribution in [0.25, 0.3) is 0 Å². The van der Waals surface area contributed by atoms with Gasteiger partial charge in [-0.2, -0.15) is 0 Å². The third-order valence-electron chi connectivity index (χ3n) is 3.85. The number of nitrogens with one attached hydrogen (secondary N) is 1. The third-order valence-corrected chi connectivity index (χ3v) is 3.85. The number of amides is 3. The molecule has 0 aliphatic carbocycles. The summed E-state index contributed by atoms with van der Waals surface area (Å²) in [7, 11) is 0. The van der Waals surface area contributed by atoms with Crippen LogP contribution < -0.4 is 5.32 Å². The number of carbonyl (C=O) groups is 4. The Hall–Kier alpha value is -2.70. The first-order chi connectivity index (χ1) is 12.3. The Kier molecular flexibility index (Phi) is 8.48. The van der Waals surface area contributed by atoms with Crippen molar-refractivity contribution in [2.75, 3.05) is 0 Å². The smallest absolute Gasteiger partial charge is 0.405 e. The number of imide groups is 1. The van der Waals surface area contributed by atoms with E-state index in [2.05, 4.69) is 5.32 Å². The minimum atomic E-state index is -1.35. The second-order valence-corrected chi connectivity index (χ2v) is 6.50. The second-order valence-electron chi connectivity index (χ2n) is 6.50. The molecule has 1 rings (SSSR count). The lowest BCUT2D eigenvalue weighted by atomic mass is 10.0. The zero-order chi connectivity index (χ0) is 19.7. The molecule has 0 saturated carbocycles. The number of hydrogen-bond acceptors (Lipinski definition) is 4. The molecule has 1 aromatic rings. The van der Waals surface area contributed by atoms with Crippen LogP contribution in [0.15, 0.2) is 30.3 Å². The molecule has 0 heterocycles. The van der Waals surface area contributed by atoms with Crippen molar-refractivity contribution in [1.29, 1.82) is 0 Å². The molecule has 1 aromatic carbocycles. The first-order valence-corrected chi connectivity index (χ1v) is 8.69. The SMILES string of the molecule is CCC[C@@H](C=O)N(C(=O)c1ccccc1)C(=O)[C@H](CC(C)C)NC(=O)O. The highest BCUT2D eigenvalue weighted by Crippen LogP contribution is 2.16. The molecule has 142 valence electrons. The molecule has 3 amide bonds. The number of hydrogen-bond donors (Lipinski definition) is 2. The minimum Gasteiger partial charge on any atom is -0.465 e. The van der Waals surface area contributed by atoms with Crippen molar-refractivity contribution in [2.45, 2.75) is 52.1 Å². The first kappa shape index (κ1) is 21.3. The summed E-state index contributed by atoms with van der Waals surface area (Å²) in [4.78, 5) is 49.5. The van der Waals surface area contributed by atoms with Crippen molar-refractivity contribution < 1.29 is 24.3 Å². The van der Waals surface area contributed by atoms with Crippen LogP contribution in [0, 0.1) is 5.92 Å². The van der Waals surface area contributed by atoms with Crippen LogP contribution in [0.4, 0.5) is 4.79 Å². The molecule has 2 atom stereocenters. The number of carbonyl (C=O) groups excluding carboxylic acids is 3. The summed E-state index contributed by atoms with van der Waals surface area (Å²) in [5.41, 5.74) is 0.266. The van der Waals surface area contributed by atoms with Crippen LogP contribution in [0.5, 0.6) is 0 Å². The maximum absolute atomic E-state index is 13.0. The van der Waals surface area contributed by atoms with Gasteiger partial charge in [-0.1, -0.05) is 45.4 Å². The Morgan fingerprint density at radius 2 is 1.81 bits per heavy atom. The Balaban J connectivity index is 3.27. The van der Waals surface area contributed by atoms with Crippen molar-refractivity contribution in [3.8, 4) is 0 Å². The molecule has 0 bridgehead atoms. The predicted molar refractivity (Wildman–Crippen MR) is 96.8 cm³/mol. The Bertz CT molecular complexity index is 630. The van der Waals surface area contributed by atoms with Crippen molar-refractivity contribution >= 4 is 24.2 Å². The van der Waals surface area contributed by atoms with Gasteiger partial charge in [-0.15, -0.1) is 0 Å². The van der Waals surface area contributed by atoms with E-state index < -0.39 is 30.0 Å². The van der Waals surface area contributed by atoms with E-state index in [1.165, 1.54) is 0 Å². The molecule has 2 N–H and O–H groups in total. The maximum atomic E-state index is 13.0. The molecule has 0 radical (unpaired) electrons. The van der Waals surface area contributed by atoms with Crippen LogP contribution in [-0.4, -0.2) is 46.3 Å². The van der Waals surface area contributed by atoms with Crippen LogP contribution in [0.1, 0.15) is 50.4 Å². The van der Waals surface area contributed by atoms with E-state index in [0.29, 0.717) is 19.1 Å². The van der Waals surface area contributed by atoms with Gasteiger partial charge in [0.25, 0.3) is 11.8 Å². The standard InChI is InChI=1S/C19H26N2O5/c1-4-8-15(12-22)21(17(23)14-9-6-5-7-10-14)18(24)16(11-13(2)3)20-19(25)26/h5-7,9-10,12-13,15-16,20H,4,8,11H2,1-3H3,(H,25,26)/t15-,16-/m0/s1. The monoisotopic (exact) mass is 362 g/mol. The van der Waals surface area contributed by atoms with Crippen molar-refractivity contribution in [3.05, 3.63) is 35.9 Å². The van der Waals surface area contributed by atoms with E-state index in [1.54, 1.807) is 30.3 Å². The van der Waals surface area contributed by atoms with Crippen LogP contribution >= 0.6 is 0 Å². The van der Waals surface area contributed by atoms with Gasteiger partial charge in [0.1, 0.15) is 12.3 Å². The van der Waals surface area contributed by atoms with E-state index in [1.807, 2.05) is 20.8 Å². The number of nitrogens with zero attached hydrogens (tertiary/aromatic N) is 1. The van der Waals surface area contributed by atoms with Gasteiger partial charge >= 0.3 is 6.09 Å². The zero-order valence-corrected chi connectivity index (χ0v) is 15.3. The lowest BCUT2D eigenvalue weighted by Gasteiger charge is -2.30. The molecule has 0 aliphatic heterocycles. The molecule has 7 nitrogen and oxygen atoms in total. The van der Waals surface area contributed by atoms with E-state index >= 15 is 0 Å². The lowest BCUT2D eigenvalue weighted by Crippen LogP contribution is -2.54. The maximum Gasteiger partial charge on any atom is 0.405 e. The minimum absolute atomic E-state index is 0.0188. The Morgan fingerprint density at radius 1 is 1.19 bits per heavy atom. The topological polar surface area (TPSA) is 104 Å². The summed E-state index contributed by atoms with van der Waals surface area (Å²) in [6.07, 6.45) is 0.344. The average molecular weight is 362 g/mol. The van der Waals surface area contributed by atoms with Gasteiger partial charge in [0.2, 0.25) is 0 Å². The fourth-order valence-electron chi connectivity index (χ4n) is 2.70. The highest BCUT2D eigenvalue weighted by Gasteiger charge is 2.35. The molecule has 0 spiro atoms. The molecule has 0 aliphatic rings. The van der Waals surface area contributed by atoms with Gasteiger partial charge in [0.15, 0.2) is 0 Å². The summed E-state index contributed by atoms with van der Waals surface area (Å²) in [5.74, 6) is -1.30. The van der Waals surface area contributed by atoms with Crippen LogP contribution in [0.3, 0.4) is 0 Å². The zero-order valence-electron chi connectivity index (χ0n) is 15.3. The summed E-state index contributed by atoms with van der Waals surface area (Å²) >= 11 is 0. The first-order valence-electron chi connectivity index (χ1n) is 8.69. The van der Waals surface area contributed by atoms with Gasteiger partial charge in [0.05, 0.1) is 6.04 Å².